The highest BCUT2D eigenvalue weighted by atomic mass is 79.9. The summed E-state index contributed by atoms with van der Waals surface area (Å²) in [6.45, 7) is 0. The van der Waals surface area contributed by atoms with E-state index in [1.165, 1.54) is 33.3 Å². The number of nitrogens with one attached hydrogen (secondary N) is 2. The molecule has 3 aromatic rings. The van der Waals surface area contributed by atoms with Gasteiger partial charge in [-0.3, -0.25) is 10.1 Å². The maximum Gasteiger partial charge on any atom is 0.264 e. The molecule has 0 spiro atoms. The number of benzene rings is 1. The fraction of sp³-hybridized carbons (Fsp3) is 0.333. The number of aromatic nitrogens is 5. The van der Waals surface area contributed by atoms with Gasteiger partial charge in [-0.25, -0.2) is 10.1 Å². The van der Waals surface area contributed by atoms with Gasteiger partial charge in [0.15, 0.2) is 4.34 Å². The van der Waals surface area contributed by atoms with Crippen LogP contribution in [0.25, 0.3) is 0 Å². The molecule has 1 aromatic carbocycles. The molecule has 4 N–H and O–H groups in total. The number of amides is 1. The number of hydrogen-bond acceptors (Lipinski definition) is 11. The van der Waals surface area contributed by atoms with Gasteiger partial charge in [-0.2, -0.15) is 5.10 Å². The third-order valence-electron chi connectivity index (χ3n) is 4.40. The number of carbonyl (C=O) groups is 1. The molecule has 1 saturated carbocycles. The summed E-state index contributed by atoms with van der Waals surface area (Å²) in [5, 5.41) is 24.1. The standard InChI is InChI=1S/C18H20BrN9OS3/c19-12-5-3-4-11(8-12)9-31-18-27-25-16(32-18)21-14(29)10-30-17-26-24-15(28(17)20)23-22-13-6-1-2-7-13/h3-5,8H,1-2,6-7,9-10,20H2,(H,23,24)(H,21,25,29). The van der Waals surface area contributed by atoms with Crippen molar-refractivity contribution < 1.29 is 4.79 Å². The Morgan fingerprint density at radius 2 is 2.06 bits per heavy atom. The highest BCUT2D eigenvalue weighted by Gasteiger charge is 2.15. The summed E-state index contributed by atoms with van der Waals surface area (Å²) in [5.74, 6) is 7.00. The molecule has 1 aliphatic rings. The van der Waals surface area contributed by atoms with E-state index in [0.717, 1.165) is 46.0 Å². The number of hydrazone groups is 1. The van der Waals surface area contributed by atoms with Gasteiger partial charge in [-0.05, 0) is 43.4 Å². The van der Waals surface area contributed by atoms with Crippen LogP contribution in [0.15, 0.2) is 43.3 Å². The summed E-state index contributed by atoms with van der Waals surface area (Å²) in [5.41, 5.74) is 5.13. The lowest BCUT2D eigenvalue weighted by molar-refractivity contribution is -0.113. The van der Waals surface area contributed by atoms with Gasteiger partial charge in [-0.1, -0.05) is 62.9 Å². The number of hydrogen-bond donors (Lipinski definition) is 3. The number of rotatable bonds is 9. The van der Waals surface area contributed by atoms with Crippen molar-refractivity contribution in [3.63, 3.8) is 0 Å². The molecule has 1 fully saturated rings. The average molecular weight is 555 g/mol. The molecule has 1 aliphatic carbocycles. The van der Waals surface area contributed by atoms with E-state index in [1.54, 1.807) is 11.8 Å². The molecule has 0 radical (unpaired) electrons. The number of anilines is 2. The third-order valence-corrected chi connectivity index (χ3v) is 7.88. The van der Waals surface area contributed by atoms with E-state index in [0.29, 0.717) is 16.2 Å². The molecule has 2 aromatic heterocycles. The molecule has 1 amide bonds. The van der Waals surface area contributed by atoms with Crippen LogP contribution in [0.4, 0.5) is 11.1 Å². The summed E-state index contributed by atoms with van der Waals surface area (Å²) in [6, 6.07) is 8.10. The van der Waals surface area contributed by atoms with Crippen LogP contribution < -0.4 is 16.6 Å². The number of nitrogen functional groups attached to an aromatic ring is 1. The van der Waals surface area contributed by atoms with E-state index < -0.39 is 0 Å². The summed E-state index contributed by atoms with van der Waals surface area (Å²) in [6.07, 6.45) is 4.30. The first-order valence-electron chi connectivity index (χ1n) is 9.72. The van der Waals surface area contributed by atoms with E-state index in [4.69, 9.17) is 5.84 Å². The fourth-order valence-corrected chi connectivity index (χ4v) is 5.67. The highest BCUT2D eigenvalue weighted by molar-refractivity contribution is 9.10. The Morgan fingerprint density at radius 1 is 1.22 bits per heavy atom. The Bertz CT molecular complexity index is 1110. The molecule has 2 heterocycles. The Labute approximate surface area is 205 Å². The molecule has 0 atom stereocenters. The molecule has 10 nitrogen and oxygen atoms in total. The second-order valence-electron chi connectivity index (χ2n) is 6.80. The summed E-state index contributed by atoms with van der Waals surface area (Å²) >= 11 is 7.56. The van der Waals surface area contributed by atoms with Crippen molar-refractivity contribution in [3.05, 3.63) is 34.3 Å². The lowest BCUT2D eigenvalue weighted by Gasteiger charge is -2.03. The summed E-state index contributed by atoms with van der Waals surface area (Å²) in [4.78, 5) is 12.3. The zero-order chi connectivity index (χ0) is 22.3. The zero-order valence-corrected chi connectivity index (χ0v) is 20.9. The Hall–Kier alpha value is -2.16. The van der Waals surface area contributed by atoms with Gasteiger partial charge in [0, 0.05) is 15.9 Å². The Morgan fingerprint density at radius 3 is 2.88 bits per heavy atom. The van der Waals surface area contributed by atoms with Crippen LogP contribution in [-0.4, -0.2) is 42.4 Å². The Balaban J connectivity index is 1.23. The molecule has 32 heavy (non-hydrogen) atoms. The van der Waals surface area contributed by atoms with Gasteiger partial charge >= 0.3 is 0 Å². The topological polar surface area (TPSA) is 136 Å². The van der Waals surface area contributed by atoms with E-state index >= 15 is 0 Å². The average Bonchev–Trinajstić information content (AvgIpc) is 3.52. The normalized spacial score (nSPS) is 13.3. The quantitative estimate of drug-likeness (QED) is 0.155. The van der Waals surface area contributed by atoms with Crippen molar-refractivity contribution in [2.24, 2.45) is 5.10 Å². The molecule has 0 bridgehead atoms. The van der Waals surface area contributed by atoms with Crippen LogP contribution in [0.3, 0.4) is 0 Å². The fourth-order valence-electron chi connectivity index (χ4n) is 2.85. The monoisotopic (exact) mass is 553 g/mol. The van der Waals surface area contributed by atoms with E-state index in [1.807, 2.05) is 12.1 Å². The van der Waals surface area contributed by atoms with Gasteiger partial charge in [0.2, 0.25) is 16.2 Å². The molecule has 0 aliphatic heterocycles. The summed E-state index contributed by atoms with van der Waals surface area (Å²) in [7, 11) is 0. The van der Waals surface area contributed by atoms with Crippen molar-refractivity contribution in [2.75, 3.05) is 22.3 Å². The maximum atomic E-state index is 12.3. The second-order valence-corrected chi connectivity index (χ2v) is 10.9. The lowest BCUT2D eigenvalue weighted by atomic mass is 10.2. The van der Waals surface area contributed by atoms with Crippen molar-refractivity contribution in [2.45, 2.75) is 40.9 Å². The first kappa shape index (κ1) is 23.0. The SMILES string of the molecule is Nn1c(NN=C2CCCC2)nnc1SCC(=O)Nc1nnc(SCc2cccc(Br)c2)s1. The van der Waals surface area contributed by atoms with Gasteiger partial charge in [-0.15, -0.1) is 20.4 Å². The minimum absolute atomic E-state index is 0.115. The van der Waals surface area contributed by atoms with Crippen LogP contribution in [0, 0.1) is 0 Å². The minimum atomic E-state index is -0.224. The number of nitrogens with zero attached hydrogens (tertiary/aromatic N) is 6. The third kappa shape index (κ3) is 6.43. The van der Waals surface area contributed by atoms with Gasteiger partial charge < -0.3 is 5.84 Å². The predicted octanol–water partition coefficient (Wildman–Crippen LogP) is 3.97. The lowest BCUT2D eigenvalue weighted by Crippen LogP contribution is -2.17. The van der Waals surface area contributed by atoms with Crippen molar-refractivity contribution in [3.8, 4) is 0 Å². The zero-order valence-electron chi connectivity index (χ0n) is 16.8. The van der Waals surface area contributed by atoms with E-state index in [9.17, 15) is 4.79 Å². The highest BCUT2D eigenvalue weighted by Crippen LogP contribution is 2.29. The molecule has 0 unspecified atom stereocenters. The number of halogens is 1. The van der Waals surface area contributed by atoms with Crippen molar-refractivity contribution in [1.29, 1.82) is 0 Å². The second kappa shape index (κ2) is 11.1. The number of carbonyl (C=O) groups excluding carboxylic acids is 1. The summed E-state index contributed by atoms with van der Waals surface area (Å²) < 4.78 is 3.12. The van der Waals surface area contributed by atoms with Crippen LogP contribution in [0.1, 0.15) is 31.2 Å². The van der Waals surface area contributed by atoms with Gasteiger partial charge in [0.25, 0.3) is 5.95 Å². The van der Waals surface area contributed by atoms with E-state index in [-0.39, 0.29) is 11.7 Å². The maximum absolute atomic E-state index is 12.3. The first-order chi connectivity index (χ1) is 15.6. The van der Waals surface area contributed by atoms with Crippen LogP contribution in [-0.2, 0) is 10.5 Å². The number of nitrogens with two attached hydrogens (primary N) is 1. The largest absolute Gasteiger partial charge is 0.334 e. The van der Waals surface area contributed by atoms with Gasteiger partial charge in [0.05, 0.1) is 5.75 Å². The van der Waals surface area contributed by atoms with E-state index in [2.05, 4.69) is 64.3 Å². The number of thioether (sulfide) groups is 2. The van der Waals surface area contributed by atoms with Gasteiger partial charge in [0.1, 0.15) is 0 Å². The minimum Gasteiger partial charge on any atom is -0.334 e. The molecule has 0 saturated heterocycles. The molecule has 168 valence electrons. The molecular formula is C18H20BrN9OS3. The van der Waals surface area contributed by atoms with Crippen LogP contribution >= 0.6 is 50.8 Å². The molecular weight excluding hydrogens is 534 g/mol. The van der Waals surface area contributed by atoms with Crippen LogP contribution in [0.5, 0.6) is 0 Å². The first-order valence-corrected chi connectivity index (χ1v) is 13.3. The molecule has 14 heteroatoms. The molecule has 4 rings (SSSR count). The van der Waals surface area contributed by atoms with Crippen molar-refractivity contribution >= 4 is 73.5 Å². The van der Waals surface area contributed by atoms with Crippen LogP contribution in [0.2, 0.25) is 0 Å². The van der Waals surface area contributed by atoms with Crippen molar-refractivity contribution in [1.82, 2.24) is 25.1 Å². The smallest absolute Gasteiger partial charge is 0.264 e. The Kier molecular flexibility index (Phi) is 8.00. The predicted molar refractivity (Wildman–Crippen MR) is 133 cm³/mol.